The zero-order chi connectivity index (χ0) is 18.5. The highest BCUT2D eigenvalue weighted by Gasteiger charge is 2.23. The third kappa shape index (κ3) is 8.11. The standard InChI is InChI=1S/C14H19N3O5.C2H6/c1-9(2)22-14(20)17-11(12(18)15-3)8-21-13(19)10-5-4-6-16-7-10;1-2/h4-7,9,11H,8H2,1-3H3,(H,15,18)(H,17,20);1-2H3. The van der Waals surface area contributed by atoms with Crippen LogP contribution in [0.3, 0.4) is 0 Å². The fourth-order valence-electron chi connectivity index (χ4n) is 1.47. The Bertz CT molecular complexity index is 520. The van der Waals surface area contributed by atoms with Gasteiger partial charge in [-0.15, -0.1) is 0 Å². The molecule has 0 aliphatic heterocycles. The van der Waals surface area contributed by atoms with Crippen LogP contribution < -0.4 is 10.6 Å². The van der Waals surface area contributed by atoms with Crippen molar-refractivity contribution in [2.24, 2.45) is 0 Å². The molecule has 1 atom stereocenters. The van der Waals surface area contributed by atoms with E-state index >= 15 is 0 Å². The number of nitrogens with one attached hydrogen (secondary N) is 2. The summed E-state index contributed by atoms with van der Waals surface area (Å²) >= 11 is 0. The first-order valence-corrected chi connectivity index (χ1v) is 7.70. The zero-order valence-electron chi connectivity index (χ0n) is 14.7. The number of aromatic nitrogens is 1. The number of rotatable bonds is 6. The molecule has 0 aliphatic carbocycles. The van der Waals surface area contributed by atoms with Crippen molar-refractivity contribution in [3.8, 4) is 0 Å². The van der Waals surface area contributed by atoms with E-state index in [0.29, 0.717) is 0 Å². The van der Waals surface area contributed by atoms with Gasteiger partial charge in [0.2, 0.25) is 5.91 Å². The van der Waals surface area contributed by atoms with E-state index < -0.39 is 24.0 Å². The van der Waals surface area contributed by atoms with Gasteiger partial charge >= 0.3 is 12.1 Å². The highest BCUT2D eigenvalue weighted by Crippen LogP contribution is 2.00. The highest BCUT2D eigenvalue weighted by molar-refractivity contribution is 5.90. The molecule has 1 unspecified atom stereocenters. The zero-order valence-corrected chi connectivity index (χ0v) is 14.7. The lowest BCUT2D eigenvalue weighted by atomic mass is 10.3. The molecule has 0 saturated carbocycles. The number of likely N-dealkylation sites (N-methyl/N-ethyl adjacent to an activating group) is 1. The molecule has 2 N–H and O–H groups in total. The molecule has 134 valence electrons. The minimum Gasteiger partial charge on any atom is -0.459 e. The van der Waals surface area contributed by atoms with Crippen LogP contribution in [-0.2, 0) is 14.3 Å². The molecule has 1 heterocycles. The van der Waals surface area contributed by atoms with Crippen LogP contribution >= 0.6 is 0 Å². The second-order valence-corrected chi connectivity index (χ2v) is 4.61. The number of esters is 1. The smallest absolute Gasteiger partial charge is 0.408 e. The molecular formula is C16H25N3O5. The van der Waals surface area contributed by atoms with Crippen LogP contribution in [0.15, 0.2) is 24.5 Å². The van der Waals surface area contributed by atoms with E-state index in [9.17, 15) is 14.4 Å². The maximum absolute atomic E-state index is 11.8. The molecular weight excluding hydrogens is 314 g/mol. The summed E-state index contributed by atoms with van der Waals surface area (Å²) in [5.41, 5.74) is 0.253. The summed E-state index contributed by atoms with van der Waals surface area (Å²) in [4.78, 5) is 38.8. The van der Waals surface area contributed by atoms with Crippen molar-refractivity contribution in [3.05, 3.63) is 30.1 Å². The molecule has 8 nitrogen and oxygen atoms in total. The van der Waals surface area contributed by atoms with E-state index in [0.717, 1.165) is 0 Å². The van der Waals surface area contributed by atoms with E-state index in [1.165, 1.54) is 25.5 Å². The number of nitrogens with zero attached hydrogens (tertiary/aromatic N) is 1. The van der Waals surface area contributed by atoms with Gasteiger partial charge < -0.3 is 20.1 Å². The molecule has 0 fully saturated rings. The van der Waals surface area contributed by atoms with Crippen molar-refractivity contribution in [2.75, 3.05) is 13.7 Å². The summed E-state index contributed by atoms with van der Waals surface area (Å²) in [6.07, 6.45) is 1.77. The highest BCUT2D eigenvalue weighted by atomic mass is 16.6. The summed E-state index contributed by atoms with van der Waals surface area (Å²) in [6.45, 7) is 7.04. The molecule has 0 radical (unpaired) electrons. The lowest BCUT2D eigenvalue weighted by Crippen LogP contribution is -2.49. The number of pyridine rings is 1. The summed E-state index contributed by atoms with van der Waals surface area (Å²) in [6, 6.07) is 2.08. The van der Waals surface area contributed by atoms with Gasteiger partial charge in [0.15, 0.2) is 0 Å². The van der Waals surface area contributed by atoms with E-state index in [1.54, 1.807) is 19.9 Å². The number of carbonyl (C=O) groups is 3. The normalized spacial score (nSPS) is 10.8. The molecule has 0 aromatic carbocycles. The van der Waals surface area contributed by atoms with Crippen LogP contribution in [0.2, 0.25) is 0 Å². The van der Waals surface area contributed by atoms with Crippen molar-refractivity contribution in [1.29, 1.82) is 0 Å². The second-order valence-electron chi connectivity index (χ2n) is 4.61. The fraction of sp³-hybridized carbons (Fsp3) is 0.500. The van der Waals surface area contributed by atoms with Gasteiger partial charge in [0.1, 0.15) is 12.6 Å². The molecule has 0 bridgehead atoms. The molecule has 0 aliphatic rings. The van der Waals surface area contributed by atoms with E-state index in [1.807, 2.05) is 13.8 Å². The summed E-state index contributed by atoms with van der Waals surface area (Å²) < 4.78 is 9.90. The van der Waals surface area contributed by atoms with Gasteiger partial charge in [-0.2, -0.15) is 0 Å². The average Bonchev–Trinajstić information content (AvgIpc) is 2.59. The van der Waals surface area contributed by atoms with Crippen LogP contribution in [0.4, 0.5) is 4.79 Å². The molecule has 0 saturated heterocycles. The molecule has 0 spiro atoms. The third-order valence-electron chi connectivity index (χ3n) is 2.48. The number of alkyl carbamates (subject to hydrolysis) is 1. The van der Waals surface area contributed by atoms with E-state index in [4.69, 9.17) is 9.47 Å². The first-order chi connectivity index (χ1) is 11.4. The SMILES string of the molecule is CC.CNC(=O)C(COC(=O)c1cccnc1)NC(=O)OC(C)C. The van der Waals surface area contributed by atoms with Crippen LogP contribution in [0.25, 0.3) is 0 Å². The van der Waals surface area contributed by atoms with Crippen molar-refractivity contribution < 1.29 is 23.9 Å². The van der Waals surface area contributed by atoms with Crippen LogP contribution in [0, 0.1) is 0 Å². The van der Waals surface area contributed by atoms with Gasteiger partial charge in [-0.1, -0.05) is 13.8 Å². The fourth-order valence-corrected chi connectivity index (χ4v) is 1.47. The minimum absolute atomic E-state index is 0.253. The van der Waals surface area contributed by atoms with E-state index in [2.05, 4.69) is 15.6 Å². The lowest BCUT2D eigenvalue weighted by Gasteiger charge is -2.18. The Hall–Kier alpha value is -2.64. The Morgan fingerprint density at radius 1 is 1.25 bits per heavy atom. The van der Waals surface area contributed by atoms with Crippen molar-refractivity contribution in [1.82, 2.24) is 15.6 Å². The summed E-state index contributed by atoms with van der Waals surface area (Å²) in [5, 5.41) is 4.71. The molecule has 2 amide bonds. The number of carbonyl (C=O) groups excluding carboxylic acids is 3. The van der Waals surface area contributed by atoms with Crippen molar-refractivity contribution in [2.45, 2.75) is 39.8 Å². The van der Waals surface area contributed by atoms with E-state index in [-0.39, 0.29) is 18.3 Å². The number of hydrogen-bond donors (Lipinski definition) is 2. The minimum atomic E-state index is -1.04. The first kappa shape index (κ1) is 21.4. The second kappa shape index (κ2) is 11.9. The maximum atomic E-state index is 11.8. The molecule has 1 aromatic rings. The van der Waals surface area contributed by atoms with Gasteiger partial charge in [-0.05, 0) is 26.0 Å². The van der Waals surface area contributed by atoms with Crippen LogP contribution in [0.5, 0.6) is 0 Å². The number of hydrogen-bond acceptors (Lipinski definition) is 6. The Kier molecular flexibility index (Phi) is 10.6. The number of ether oxygens (including phenoxy) is 2. The van der Waals surface area contributed by atoms with Gasteiger partial charge in [0.25, 0.3) is 0 Å². The van der Waals surface area contributed by atoms with Crippen molar-refractivity contribution >= 4 is 18.0 Å². The molecule has 1 rings (SSSR count). The Labute approximate surface area is 141 Å². The van der Waals surface area contributed by atoms with Crippen LogP contribution in [-0.4, -0.2) is 48.8 Å². The van der Waals surface area contributed by atoms with Crippen molar-refractivity contribution in [3.63, 3.8) is 0 Å². The Morgan fingerprint density at radius 3 is 2.42 bits per heavy atom. The van der Waals surface area contributed by atoms with Crippen LogP contribution in [0.1, 0.15) is 38.1 Å². The molecule has 8 heteroatoms. The quantitative estimate of drug-likeness (QED) is 0.761. The van der Waals surface area contributed by atoms with Gasteiger partial charge in [-0.3, -0.25) is 9.78 Å². The van der Waals surface area contributed by atoms with Gasteiger partial charge in [0, 0.05) is 19.4 Å². The lowest BCUT2D eigenvalue weighted by molar-refractivity contribution is -0.123. The Morgan fingerprint density at radius 2 is 1.92 bits per heavy atom. The Balaban J connectivity index is 0.00000254. The maximum Gasteiger partial charge on any atom is 0.408 e. The predicted molar refractivity (Wildman–Crippen MR) is 88.5 cm³/mol. The summed E-state index contributed by atoms with van der Waals surface area (Å²) in [5.74, 6) is -1.14. The van der Waals surface area contributed by atoms with Gasteiger partial charge in [-0.25, -0.2) is 9.59 Å². The van der Waals surface area contributed by atoms with Gasteiger partial charge in [0.05, 0.1) is 11.7 Å². The summed E-state index contributed by atoms with van der Waals surface area (Å²) in [7, 11) is 1.41. The largest absolute Gasteiger partial charge is 0.459 e. The topological polar surface area (TPSA) is 107 Å². The molecule has 1 aromatic heterocycles. The first-order valence-electron chi connectivity index (χ1n) is 7.70. The predicted octanol–water partition coefficient (Wildman–Crippen LogP) is 1.51. The average molecular weight is 339 g/mol. The third-order valence-corrected chi connectivity index (χ3v) is 2.48. The number of amides is 2. The monoisotopic (exact) mass is 339 g/mol. The molecule has 24 heavy (non-hydrogen) atoms.